The van der Waals surface area contributed by atoms with Crippen LogP contribution in [0.3, 0.4) is 0 Å². The minimum absolute atomic E-state index is 0.275. The number of nitrogens with zero attached hydrogens (tertiary/aromatic N) is 1. The molecule has 32 heavy (non-hydrogen) atoms. The Labute approximate surface area is 190 Å². The Morgan fingerprint density at radius 1 is 0.875 bits per heavy atom. The van der Waals surface area contributed by atoms with Crippen molar-refractivity contribution in [1.82, 2.24) is 10.3 Å². The second-order valence-corrected chi connectivity index (χ2v) is 7.82. The number of ether oxygens (including phenoxy) is 2. The van der Waals surface area contributed by atoms with E-state index >= 15 is 0 Å². The lowest BCUT2D eigenvalue weighted by Crippen LogP contribution is -2.33. The second-order valence-electron chi connectivity index (χ2n) is 6.96. The maximum Gasteiger partial charge on any atom is 0.321 e. The molecule has 0 aliphatic rings. The number of urea groups is 1. The molecule has 0 saturated heterocycles. The van der Waals surface area contributed by atoms with Crippen LogP contribution in [0.5, 0.6) is 11.5 Å². The number of methoxy groups -OCH3 is 2. The first-order valence-electron chi connectivity index (χ1n) is 10.0. The molecular formula is C25H23N3O3S. The van der Waals surface area contributed by atoms with Crippen LogP contribution in [0.25, 0.3) is 11.3 Å². The van der Waals surface area contributed by atoms with Gasteiger partial charge in [-0.25, -0.2) is 9.78 Å². The Bertz CT molecular complexity index is 1140. The molecule has 0 spiro atoms. The van der Waals surface area contributed by atoms with Gasteiger partial charge in [0.15, 0.2) is 16.6 Å². The number of aromatic nitrogens is 1. The van der Waals surface area contributed by atoms with Crippen molar-refractivity contribution in [3.63, 3.8) is 0 Å². The molecule has 0 bridgehead atoms. The fourth-order valence-electron chi connectivity index (χ4n) is 3.37. The van der Waals surface area contributed by atoms with Crippen LogP contribution in [-0.2, 0) is 0 Å². The maximum atomic E-state index is 12.8. The molecule has 4 aromatic rings. The third-order valence-corrected chi connectivity index (χ3v) is 5.70. The van der Waals surface area contributed by atoms with Gasteiger partial charge in [-0.05, 0) is 29.3 Å². The van der Waals surface area contributed by atoms with E-state index in [0.29, 0.717) is 16.6 Å². The lowest BCUT2D eigenvalue weighted by atomic mass is 9.99. The third-order valence-electron chi connectivity index (χ3n) is 4.95. The van der Waals surface area contributed by atoms with Crippen molar-refractivity contribution in [2.45, 2.75) is 6.04 Å². The van der Waals surface area contributed by atoms with Crippen molar-refractivity contribution in [1.29, 1.82) is 0 Å². The minimum atomic E-state index is -0.323. The summed E-state index contributed by atoms with van der Waals surface area (Å²) in [6.45, 7) is 0. The number of benzene rings is 3. The molecule has 7 heteroatoms. The van der Waals surface area contributed by atoms with E-state index < -0.39 is 0 Å². The van der Waals surface area contributed by atoms with Crippen LogP contribution in [0.1, 0.15) is 17.2 Å². The molecule has 1 heterocycles. The van der Waals surface area contributed by atoms with Gasteiger partial charge in [-0.2, -0.15) is 0 Å². The monoisotopic (exact) mass is 445 g/mol. The van der Waals surface area contributed by atoms with E-state index in [4.69, 9.17) is 9.47 Å². The summed E-state index contributed by atoms with van der Waals surface area (Å²) >= 11 is 1.36. The predicted octanol–water partition coefficient (Wildman–Crippen LogP) is 5.74. The van der Waals surface area contributed by atoms with Gasteiger partial charge in [0.05, 0.1) is 26.0 Å². The number of hydrogen-bond acceptors (Lipinski definition) is 5. The zero-order valence-corrected chi connectivity index (χ0v) is 18.6. The van der Waals surface area contributed by atoms with Crippen LogP contribution in [0, 0.1) is 0 Å². The smallest absolute Gasteiger partial charge is 0.321 e. The molecule has 6 nitrogen and oxygen atoms in total. The second kappa shape index (κ2) is 9.98. The minimum Gasteiger partial charge on any atom is -0.493 e. The van der Waals surface area contributed by atoms with Gasteiger partial charge in [-0.1, -0.05) is 60.7 Å². The normalized spacial score (nSPS) is 10.6. The van der Waals surface area contributed by atoms with Gasteiger partial charge >= 0.3 is 6.03 Å². The Morgan fingerprint density at radius 2 is 1.50 bits per heavy atom. The molecule has 2 N–H and O–H groups in total. The van der Waals surface area contributed by atoms with E-state index in [1.165, 1.54) is 11.3 Å². The van der Waals surface area contributed by atoms with Gasteiger partial charge in [0.1, 0.15) is 0 Å². The molecular weight excluding hydrogens is 422 g/mol. The van der Waals surface area contributed by atoms with E-state index in [-0.39, 0.29) is 12.1 Å². The van der Waals surface area contributed by atoms with E-state index in [1.807, 2.05) is 84.2 Å². The van der Waals surface area contributed by atoms with E-state index in [9.17, 15) is 4.79 Å². The number of amides is 2. The highest BCUT2D eigenvalue weighted by molar-refractivity contribution is 7.14. The fourth-order valence-corrected chi connectivity index (χ4v) is 4.09. The fraction of sp³-hybridized carbons (Fsp3) is 0.120. The Balaban J connectivity index is 1.50. The van der Waals surface area contributed by atoms with Gasteiger partial charge in [-0.15, -0.1) is 11.3 Å². The standard InChI is InChI=1S/C25H23N3O3S/c1-30-21-14-13-19(15-22(21)31-2)20-16-32-25(26-20)28-24(29)27-23(17-9-5-3-6-10-17)18-11-7-4-8-12-18/h3-16,23H,1-2H3,(H2,26,27,28,29). The van der Waals surface area contributed by atoms with E-state index in [0.717, 1.165) is 22.4 Å². The number of hydrogen-bond donors (Lipinski definition) is 2. The summed E-state index contributed by atoms with van der Waals surface area (Å²) in [4.78, 5) is 17.4. The predicted molar refractivity (Wildman–Crippen MR) is 128 cm³/mol. The van der Waals surface area contributed by atoms with Gasteiger partial charge in [0.25, 0.3) is 0 Å². The van der Waals surface area contributed by atoms with Crippen LogP contribution < -0.4 is 20.1 Å². The van der Waals surface area contributed by atoms with Crippen molar-refractivity contribution in [3.05, 3.63) is 95.4 Å². The first-order valence-corrected chi connectivity index (χ1v) is 10.9. The third kappa shape index (κ3) is 4.90. The average Bonchev–Trinajstić information content (AvgIpc) is 3.31. The number of anilines is 1. The molecule has 0 unspecified atom stereocenters. The van der Waals surface area contributed by atoms with Crippen LogP contribution in [-0.4, -0.2) is 25.2 Å². The summed E-state index contributed by atoms with van der Waals surface area (Å²) in [7, 11) is 3.19. The summed E-state index contributed by atoms with van der Waals surface area (Å²) in [5, 5.41) is 8.31. The van der Waals surface area contributed by atoms with Crippen LogP contribution >= 0.6 is 11.3 Å². The number of thiazole rings is 1. The Kier molecular flexibility index (Phi) is 6.67. The molecule has 0 aliphatic heterocycles. The highest BCUT2D eigenvalue weighted by atomic mass is 32.1. The highest BCUT2D eigenvalue weighted by Crippen LogP contribution is 2.33. The first kappa shape index (κ1) is 21.4. The summed E-state index contributed by atoms with van der Waals surface area (Å²) in [5.41, 5.74) is 3.62. The number of rotatable bonds is 7. The number of carbonyl (C=O) groups excluding carboxylic acids is 1. The SMILES string of the molecule is COc1ccc(-c2csc(NC(=O)NC(c3ccccc3)c3ccccc3)n2)cc1OC. The zero-order valence-electron chi connectivity index (χ0n) is 17.7. The number of carbonyl (C=O) groups is 1. The van der Waals surface area contributed by atoms with Gasteiger partial charge in [-0.3, -0.25) is 5.32 Å². The van der Waals surface area contributed by atoms with Gasteiger partial charge < -0.3 is 14.8 Å². The first-order chi connectivity index (χ1) is 15.7. The summed E-state index contributed by atoms with van der Waals surface area (Å²) in [5.74, 6) is 1.27. The molecule has 1 aromatic heterocycles. The lowest BCUT2D eigenvalue weighted by molar-refractivity contribution is 0.250. The Morgan fingerprint density at radius 3 is 2.09 bits per heavy atom. The quantitative estimate of drug-likeness (QED) is 0.381. The van der Waals surface area contributed by atoms with Gasteiger partial charge in [0.2, 0.25) is 0 Å². The topological polar surface area (TPSA) is 72.5 Å². The molecule has 2 amide bonds. The summed E-state index contributed by atoms with van der Waals surface area (Å²) in [6.07, 6.45) is 0. The largest absolute Gasteiger partial charge is 0.493 e. The summed E-state index contributed by atoms with van der Waals surface area (Å²) < 4.78 is 10.7. The van der Waals surface area contributed by atoms with Crippen LogP contribution in [0.2, 0.25) is 0 Å². The van der Waals surface area contributed by atoms with Crippen LogP contribution in [0.15, 0.2) is 84.2 Å². The van der Waals surface area contributed by atoms with Crippen molar-refractivity contribution < 1.29 is 14.3 Å². The lowest BCUT2D eigenvalue weighted by Gasteiger charge is -2.19. The summed E-state index contributed by atoms with van der Waals surface area (Å²) in [6, 6.07) is 24.7. The van der Waals surface area contributed by atoms with Crippen molar-refractivity contribution >= 4 is 22.5 Å². The molecule has 0 saturated carbocycles. The molecule has 0 radical (unpaired) electrons. The molecule has 0 fully saturated rings. The van der Waals surface area contributed by atoms with Crippen molar-refractivity contribution in [2.24, 2.45) is 0 Å². The molecule has 3 aromatic carbocycles. The molecule has 4 rings (SSSR count). The van der Waals surface area contributed by atoms with Crippen molar-refractivity contribution in [2.75, 3.05) is 19.5 Å². The molecule has 0 atom stereocenters. The van der Waals surface area contributed by atoms with Crippen molar-refractivity contribution in [3.8, 4) is 22.8 Å². The Hall–Kier alpha value is -3.84. The molecule has 0 aliphatic carbocycles. The van der Waals surface area contributed by atoms with E-state index in [1.54, 1.807) is 14.2 Å². The molecule has 162 valence electrons. The average molecular weight is 446 g/mol. The van der Waals surface area contributed by atoms with Gasteiger partial charge in [0, 0.05) is 10.9 Å². The van der Waals surface area contributed by atoms with Crippen LogP contribution in [0.4, 0.5) is 9.93 Å². The van der Waals surface area contributed by atoms with E-state index in [2.05, 4.69) is 15.6 Å². The maximum absolute atomic E-state index is 12.8. The zero-order chi connectivity index (χ0) is 22.3. The highest BCUT2D eigenvalue weighted by Gasteiger charge is 2.18. The number of nitrogens with one attached hydrogen (secondary N) is 2.